The lowest BCUT2D eigenvalue weighted by Crippen LogP contribution is -2.45. The number of aliphatic hydroxyl groups is 2. The van der Waals surface area contributed by atoms with E-state index in [-0.39, 0.29) is 18.5 Å². The highest BCUT2D eigenvalue weighted by molar-refractivity contribution is 5.76. The molecular formula is C50H97NO5. The summed E-state index contributed by atoms with van der Waals surface area (Å²) >= 11 is 0. The van der Waals surface area contributed by atoms with Crippen molar-refractivity contribution in [2.75, 3.05) is 13.2 Å². The van der Waals surface area contributed by atoms with Crippen LogP contribution in [0.2, 0.25) is 0 Å². The maximum atomic E-state index is 12.4. The molecule has 0 heterocycles. The number of allylic oxidation sites excluding steroid dienone is 1. The molecule has 0 aromatic heterocycles. The van der Waals surface area contributed by atoms with Crippen molar-refractivity contribution >= 4 is 11.9 Å². The number of esters is 1. The van der Waals surface area contributed by atoms with Gasteiger partial charge < -0.3 is 20.3 Å². The topological polar surface area (TPSA) is 95.9 Å². The maximum absolute atomic E-state index is 12.4. The molecule has 0 radical (unpaired) electrons. The van der Waals surface area contributed by atoms with Gasteiger partial charge in [0.15, 0.2) is 0 Å². The summed E-state index contributed by atoms with van der Waals surface area (Å²) in [6.07, 6.45) is 52.1. The Bertz CT molecular complexity index is 832. The number of carbonyl (C=O) groups excluding carboxylic acids is 2. The molecule has 56 heavy (non-hydrogen) atoms. The number of carbonyl (C=O) groups is 2. The molecule has 0 aliphatic rings. The molecule has 0 aromatic rings. The van der Waals surface area contributed by atoms with E-state index in [1.54, 1.807) is 6.08 Å². The highest BCUT2D eigenvalue weighted by Crippen LogP contribution is 2.16. The fourth-order valence-corrected chi connectivity index (χ4v) is 7.69. The lowest BCUT2D eigenvalue weighted by atomic mass is 10.0. The van der Waals surface area contributed by atoms with Crippen molar-refractivity contribution in [3.05, 3.63) is 12.2 Å². The summed E-state index contributed by atoms with van der Waals surface area (Å²) in [6, 6.07) is -0.641. The van der Waals surface area contributed by atoms with Gasteiger partial charge in [0.25, 0.3) is 0 Å². The largest absolute Gasteiger partial charge is 0.466 e. The van der Waals surface area contributed by atoms with Gasteiger partial charge in [-0.2, -0.15) is 0 Å². The second-order valence-electron chi connectivity index (χ2n) is 17.2. The monoisotopic (exact) mass is 792 g/mol. The summed E-state index contributed by atoms with van der Waals surface area (Å²) in [5, 5.41) is 22.9. The molecular weight excluding hydrogens is 695 g/mol. The van der Waals surface area contributed by atoms with Crippen LogP contribution in [-0.2, 0) is 14.3 Å². The average molecular weight is 792 g/mol. The minimum atomic E-state index is -0.855. The number of aliphatic hydroxyl groups excluding tert-OH is 2. The zero-order valence-electron chi connectivity index (χ0n) is 37.6. The van der Waals surface area contributed by atoms with E-state index in [0.29, 0.717) is 19.4 Å². The van der Waals surface area contributed by atoms with Crippen molar-refractivity contribution in [3.63, 3.8) is 0 Å². The summed E-state index contributed by atoms with van der Waals surface area (Å²) in [6.45, 7) is 4.84. The van der Waals surface area contributed by atoms with Crippen LogP contribution in [0.25, 0.3) is 0 Å². The minimum Gasteiger partial charge on any atom is -0.466 e. The van der Waals surface area contributed by atoms with Gasteiger partial charge in [-0.15, -0.1) is 0 Å². The molecule has 6 heteroatoms. The van der Waals surface area contributed by atoms with Crippen LogP contribution in [0, 0.1) is 0 Å². The Kier molecular flexibility index (Phi) is 45.1. The van der Waals surface area contributed by atoms with Crippen LogP contribution in [-0.4, -0.2) is 47.4 Å². The number of amides is 1. The predicted octanol–water partition coefficient (Wildman–Crippen LogP) is 14.6. The van der Waals surface area contributed by atoms with Crippen molar-refractivity contribution in [2.24, 2.45) is 0 Å². The van der Waals surface area contributed by atoms with Gasteiger partial charge in [0.2, 0.25) is 5.91 Å². The quantitative estimate of drug-likeness (QED) is 0.0324. The van der Waals surface area contributed by atoms with Gasteiger partial charge in [-0.05, 0) is 32.1 Å². The average Bonchev–Trinajstić information content (AvgIpc) is 3.20. The zero-order valence-corrected chi connectivity index (χ0v) is 37.6. The number of hydrogen-bond donors (Lipinski definition) is 3. The van der Waals surface area contributed by atoms with E-state index in [1.165, 1.54) is 186 Å². The highest BCUT2D eigenvalue weighted by Gasteiger charge is 2.18. The Morgan fingerprint density at radius 3 is 1.21 bits per heavy atom. The van der Waals surface area contributed by atoms with Crippen molar-refractivity contribution in [1.29, 1.82) is 0 Å². The molecule has 6 nitrogen and oxygen atoms in total. The third-order valence-corrected chi connectivity index (χ3v) is 11.6. The molecule has 2 atom stereocenters. The summed E-state index contributed by atoms with van der Waals surface area (Å²) in [5.74, 6) is -0.108. The Balaban J connectivity index is 3.44. The van der Waals surface area contributed by atoms with Crippen LogP contribution in [0.15, 0.2) is 12.2 Å². The maximum Gasteiger partial charge on any atom is 0.305 e. The van der Waals surface area contributed by atoms with Crippen molar-refractivity contribution in [3.8, 4) is 0 Å². The van der Waals surface area contributed by atoms with Crippen molar-refractivity contribution < 1.29 is 24.5 Å². The summed E-state index contributed by atoms with van der Waals surface area (Å²) in [4.78, 5) is 24.4. The first kappa shape index (κ1) is 54.6. The smallest absolute Gasteiger partial charge is 0.305 e. The second kappa shape index (κ2) is 46.3. The molecule has 0 aliphatic heterocycles. The van der Waals surface area contributed by atoms with E-state index < -0.39 is 12.1 Å². The van der Waals surface area contributed by atoms with Gasteiger partial charge in [-0.25, -0.2) is 0 Å². The minimum absolute atomic E-state index is 0.0167. The van der Waals surface area contributed by atoms with E-state index >= 15 is 0 Å². The number of ether oxygens (including phenoxy) is 1. The summed E-state index contributed by atoms with van der Waals surface area (Å²) in [5.41, 5.74) is 0. The fourth-order valence-electron chi connectivity index (χ4n) is 7.69. The number of rotatable bonds is 46. The number of hydrogen-bond acceptors (Lipinski definition) is 5. The van der Waals surface area contributed by atoms with E-state index in [4.69, 9.17) is 4.74 Å². The van der Waals surface area contributed by atoms with Crippen LogP contribution in [0.5, 0.6) is 0 Å². The number of nitrogens with one attached hydrogen (secondary N) is 1. The summed E-state index contributed by atoms with van der Waals surface area (Å²) in [7, 11) is 0. The third-order valence-electron chi connectivity index (χ3n) is 11.6. The molecule has 0 spiro atoms. The van der Waals surface area contributed by atoms with Crippen LogP contribution in [0.4, 0.5) is 0 Å². The lowest BCUT2D eigenvalue weighted by Gasteiger charge is -2.20. The third kappa shape index (κ3) is 42.2. The Morgan fingerprint density at radius 2 is 0.821 bits per heavy atom. The van der Waals surface area contributed by atoms with Crippen LogP contribution in [0.1, 0.15) is 271 Å². The molecule has 0 rings (SSSR count). The Labute approximate surface area is 349 Å². The molecule has 3 N–H and O–H groups in total. The first-order valence-corrected chi connectivity index (χ1v) is 25.0. The van der Waals surface area contributed by atoms with Gasteiger partial charge in [0, 0.05) is 12.8 Å². The normalized spacial score (nSPS) is 12.7. The van der Waals surface area contributed by atoms with Gasteiger partial charge >= 0.3 is 5.97 Å². The highest BCUT2D eigenvalue weighted by atomic mass is 16.5. The van der Waals surface area contributed by atoms with Gasteiger partial charge in [-0.1, -0.05) is 238 Å². The second-order valence-corrected chi connectivity index (χ2v) is 17.2. The van der Waals surface area contributed by atoms with Gasteiger partial charge in [0.05, 0.1) is 25.4 Å². The first-order valence-electron chi connectivity index (χ1n) is 25.0. The zero-order chi connectivity index (χ0) is 40.8. The molecule has 2 unspecified atom stereocenters. The van der Waals surface area contributed by atoms with Crippen molar-refractivity contribution in [1.82, 2.24) is 5.32 Å². The van der Waals surface area contributed by atoms with E-state index in [1.807, 2.05) is 6.08 Å². The van der Waals surface area contributed by atoms with E-state index in [0.717, 1.165) is 57.8 Å². The molecule has 1 amide bonds. The number of unbranched alkanes of at least 4 members (excludes halogenated alkanes) is 35. The van der Waals surface area contributed by atoms with Gasteiger partial charge in [-0.3, -0.25) is 9.59 Å². The van der Waals surface area contributed by atoms with Crippen molar-refractivity contribution in [2.45, 2.75) is 283 Å². The molecule has 0 aromatic carbocycles. The van der Waals surface area contributed by atoms with E-state index in [9.17, 15) is 19.8 Å². The molecule has 0 saturated carbocycles. The van der Waals surface area contributed by atoms with Crippen LogP contribution < -0.4 is 5.32 Å². The van der Waals surface area contributed by atoms with E-state index in [2.05, 4.69) is 19.2 Å². The SMILES string of the molecule is CCCCCCCCCC/C=C/C(O)C(CO)NC(=O)CCCCCCCCCCCCOC(=O)CCCCCCCCCCCCCCCCCCCCC. The predicted molar refractivity (Wildman–Crippen MR) is 241 cm³/mol. The fraction of sp³-hybridized carbons (Fsp3) is 0.920. The molecule has 0 saturated heterocycles. The molecule has 0 aliphatic carbocycles. The van der Waals surface area contributed by atoms with Gasteiger partial charge in [0.1, 0.15) is 0 Å². The van der Waals surface area contributed by atoms with Crippen LogP contribution in [0.3, 0.4) is 0 Å². The summed E-state index contributed by atoms with van der Waals surface area (Å²) < 4.78 is 5.46. The van der Waals surface area contributed by atoms with Crippen LogP contribution >= 0.6 is 0 Å². The molecule has 332 valence electrons. The standard InChI is InChI=1S/C50H97NO5/c1-3-5-7-9-11-13-15-16-17-18-19-20-21-22-23-28-32-36-40-44-50(55)56-45-41-37-33-29-25-24-27-31-35-39-43-49(54)51-47(46-52)48(53)42-38-34-30-26-14-12-10-8-6-4-2/h38,42,47-48,52-53H,3-37,39-41,43-46H2,1-2H3,(H,51,54)/b42-38+. The first-order chi connectivity index (χ1) is 27.5. The lowest BCUT2D eigenvalue weighted by molar-refractivity contribution is -0.143. The Morgan fingerprint density at radius 1 is 0.482 bits per heavy atom. The molecule has 0 fully saturated rings. The molecule has 0 bridgehead atoms. The Hall–Kier alpha value is -1.40.